The molecule has 0 aliphatic heterocycles. The zero-order valence-corrected chi connectivity index (χ0v) is 12.1. The number of imidazole rings is 1. The third-order valence-electron chi connectivity index (χ3n) is 3.53. The molecule has 1 aromatic carbocycles. The van der Waals surface area contributed by atoms with Gasteiger partial charge >= 0.3 is 5.97 Å². The van der Waals surface area contributed by atoms with E-state index in [0.717, 1.165) is 18.4 Å². The summed E-state index contributed by atoms with van der Waals surface area (Å²) in [5, 5.41) is 0. The molecule has 0 saturated carbocycles. The molecule has 0 radical (unpaired) electrons. The minimum absolute atomic E-state index is 0.313. The van der Waals surface area contributed by atoms with Crippen molar-refractivity contribution in [2.45, 2.75) is 25.8 Å². The Morgan fingerprint density at radius 2 is 2.20 bits per heavy atom. The lowest BCUT2D eigenvalue weighted by molar-refractivity contribution is 0.0603. The topological polar surface area (TPSA) is 53.4 Å². The highest BCUT2D eigenvalue weighted by Crippen LogP contribution is 2.25. The second-order valence-electron chi connectivity index (χ2n) is 4.66. The van der Waals surface area contributed by atoms with Gasteiger partial charge in [0.2, 0.25) is 0 Å². The highest BCUT2D eigenvalue weighted by atomic mass is 16.5. The molecule has 1 heterocycles. The lowest BCUT2D eigenvalue weighted by Gasteiger charge is -2.17. The van der Waals surface area contributed by atoms with Gasteiger partial charge in [-0.3, -0.25) is 0 Å². The fourth-order valence-corrected chi connectivity index (χ4v) is 2.42. The van der Waals surface area contributed by atoms with Gasteiger partial charge in [-0.2, -0.15) is 0 Å². The number of carbonyl (C=O) groups excluding carboxylic acids is 1. The van der Waals surface area contributed by atoms with Gasteiger partial charge in [0.1, 0.15) is 5.52 Å². The Hall–Kier alpha value is -1.88. The summed E-state index contributed by atoms with van der Waals surface area (Å²) in [4.78, 5) is 16.1. The van der Waals surface area contributed by atoms with E-state index in [2.05, 4.69) is 16.5 Å². The molecule has 0 fully saturated rings. The molecule has 0 amide bonds. The largest absolute Gasteiger partial charge is 0.465 e. The highest BCUT2D eigenvalue weighted by Gasteiger charge is 2.17. The second kappa shape index (κ2) is 6.52. The number of methoxy groups -OCH3 is 2. The van der Waals surface area contributed by atoms with E-state index in [1.54, 1.807) is 19.5 Å². The normalized spacial score (nSPS) is 12.6. The fourth-order valence-electron chi connectivity index (χ4n) is 2.42. The number of benzene rings is 1. The first-order valence-corrected chi connectivity index (χ1v) is 6.75. The van der Waals surface area contributed by atoms with Gasteiger partial charge in [-0.15, -0.1) is 0 Å². The molecule has 1 atom stereocenters. The van der Waals surface area contributed by atoms with E-state index in [1.165, 1.54) is 7.11 Å². The Kier molecular flexibility index (Phi) is 4.74. The van der Waals surface area contributed by atoms with Crippen molar-refractivity contribution in [3.63, 3.8) is 0 Å². The summed E-state index contributed by atoms with van der Waals surface area (Å²) in [6, 6.07) is 5.88. The average molecular weight is 276 g/mol. The van der Waals surface area contributed by atoms with E-state index >= 15 is 0 Å². The van der Waals surface area contributed by atoms with Gasteiger partial charge in [0.25, 0.3) is 0 Å². The lowest BCUT2D eigenvalue weighted by atomic mass is 10.1. The van der Waals surface area contributed by atoms with Crippen LogP contribution in [0.25, 0.3) is 11.0 Å². The van der Waals surface area contributed by atoms with Crippen LogP contribution in [0.3, 0.4) is 0 Å². The van der Waals surface area contributed by atoms with Gasteiger partial charge in [-0.05, 0) is 25.0 Å². The maximum Gasteiger partial charge on any atom is 0.340 e. The minimum Gasteiger partial charge on any atom is -0.465 e. The summed E-state index contributed by atoms with van der Waals surface area (Å²) >= 11 is 0. The molecule has 0 saturated heterocycles. The van der Waals surface area contributed by atoms with Crippen molar-refractivity contribution in [1.82, 2.24) is 9.55 Å². The molecule has 20 heavy (non-hydrogen) atoms. The number of nitrogens with zero attached hydrogens (tertiary/aromatic N) is 2. The van der Waals surface area contributed by atoms with Gasteiger partial charge in [-0.25, -0.2) is 9.78 Å². The smallest absolute Gasteiger partial charge is 0.340 e. The van der Waals surface area contributed by atoms with Crippen LogP contribution < -0.4 is 0 Å². The predicted octanol–water partition coefficient (Wildman–Crippen LogP) is 2.81. The quantitative estimate of drug-likeness (QED) is 0.761. The molecule has 0 aliphatic carbocycles. The molecular formula is C15H20N2O3. The standard InChI is InChI=1S/C15H20N2O3/c1-4-11(8-9-19-2)17-10-16-14-12(15(18)20-3)6-5-7-13(14)17/h5-7,10-11H,4,8-9H2,1-3H3. The predicted molar refractivity (Wildman–Crippen MR) is 76.9 cm³/mol. The van der Waals surface area contributed by atoms with Crippen LogP contribution in [0, 0.1) is 0 Å². The molecule has 2 aromatic rings. The summed E-state index contributed by atoms with van der Waals surface area (Å²) in [5.74, 6) is -0.356. The summed E-state index contributed by atoms with van der Waals surface area (Å²) < 4.78 is 12.1. The number of aromatic nitrogens is 2. The monoisotopic (exact) mass is 276 g/mol. The van der Waals surface area contributed by atoms with Gasteiger partial charge in [0, 0.05) is 19.8 Å². The van der Waals surface area contributed by atoms with Crippen LogP contribution in [0.15, 0.2) is 24.5 Å². The molecular weight excluding hydrogens is 256 g/mol. The molecule has 1 unspecified atom stereocenters. The van der Waals surface area contributed by atoms with Crippen LogP contribution >= 0.6 is 0 Å². The van der Waals surface area contributed by atoms with E-state index in [-0.39, 0.29) is 5.97 Å². The molecule has 108 valence electrons. The van der Waals surface area contributed by atoms with Crippen LogP contribution in [-0.4, -0.2) is 36.3 Å². The van der Waals surface area contributed by atoms with Crippen molar-refractivity contribution >= 4 is 17.0 Å². The van der Waals surface area contributed by atoms with E-state index in [0.29, 0.717) is 23.7 Å². The van der Waals surface area contributed by atoms with Crippen LogP contribution in [0.4, 0.5) is 0 Å². The average Bonchev–Trinajstić information content (AvgIpc) is 2.91. The lowest BCUT2D eigenvalue weighted by Crippen LogP contribution is -2.10. The fraction of sp³-hybridized carbons (Fsp3) is 0.467. The van der Waals surface area contributed by atoms with Crippen LogP contribution in [0.2, 0.25) is 0 Å². The first kappa shape index (κ1) is 14.5. The maximum absolute atomic E-state index is 11.8. The van der Waals surface area contributed by atoms with Gasteiger partial charge in [0.15, 0.2) is 0 Å². The van der Waals surface area contributed by atoms with E-state index in [1.807, 2.05) is 12.1 Å². The Bertz CT molecular complexity index is 592. The number of fused-ring (bicyclic) bond motifs is 1. The van der Waals surface area contributed by atoms with Crippen molar-refractivity contribution in [2.24, 2.45) is 0 Å². The molecule has 0 bridgehead atoms. The van der Waals surface area contributed by atoms with Gasteiger partial charge < -0.3 is 14.0 Å². The first-order valence-electron chi connectivity index (χ1n) is 6.75. The third kappa shape index (κ3) is 2.67. The number of ether oxygens (including phenoxy) is 2. The number of hydrogen-bond acceptors (Lipinski definition) is 4. The van der Waals surface area contributed by atoms with Gasteiger partial charge in [-0.1, -0.05) is 13.0 Å². The molecule has 5 heteroatoms. The summed E-state index contributed by atoms with van der Waals surface area (Å²) in [6.45, 7) is 2.84. The molecule has 5 nitrogen and oxygen atoms in total. The molecule has 0 aliphatic rings. The van der Waals surface area contributed by atoms with Crippen molar-refractivity contribution in [2.75, 3.05) is 20.8 Å². The van der Waals surface area contributed by atoms with Crippen LogP contribution in [0.5, 0.6) is 0 Å². The van der Waals surface area contributed by atoms with E-state index in [4.69, 9.17) is 9.47 Å². The molecule has 0 N–H and O–H groups in total. The highest BCUT2D eigenvalue weighted by molar-refractivity contribution is 6.01. The zero-order valence-electron chi connectivity index (χ0n) is 12.1. The zero-order chi connectivity index (χ0) is 14.5. The third-order valence-corrected chi connectivity index (χ3v) is 3.53. The number of hydrogen-bond donors (Lipinski definition) is 0. The van der Waals surface area contributed by atoms with Crippen molar-refractivity contribution < 1.29 is 14.3 Å². The number of para-hydroxylation sites is 1. The Balaban J connectivity index is 2.43. The maximum atomic E-state index is 11.8. The number of carbonyl (C=O) groups is 1. The Morgan fingerprint density at radius 1 is 1.40 bits per heavy atom. The van der Waals surface area contributed by atoms with Crippen molar-refractivity contribution in [1.29, 1.82) is 0 Å². The summed E-state index contributed by atoms with van der Waals surface area (Å²) in [5.41, 5.74) is 2.15. The summed E-state index contributed by atoms with van der Waals surface area (Å²) in [6.07, 6.45) is 3.69. The first-order chi connectivity index (χ1) is 9.72. The minimum atomic E-state index is -0.356. The molecule has 2 rings (SSSR count). The number of esters is 1. The molecule has 0 spiro atoms. The second-order valence-corrected chi connectivity index (χ2v) is 4.66. The summed E-state index contributed by atoms with van der Waals surface area (Å²) in [7, 11) is 3.08. The van der Waals surface area contributed by atoms with Crippen molar-refractivity contribution in [3.05, 3.63) is 30.1 Å². The SMILES string of the molecule is CCC(CCOC)n1cnc2c(C(=O)OC)cccc21. The van der Waals surface area contributed by atoms with Crippen LogP contribution in [-0.2, 0) is 9.47 Å². The van der Waals surface area contributed by atoms with Gasteiger partial charge in [0.05, 0.1) is 24.5 Å². The molecule has 1 aromatic heterocycles. The Labute approximate surface area is 118 Å². The Morgan fingerprint density at radius 3 is 2.85 bits per heavy atom. The van der Waals surface area contributed by atoms with E-state index in [9.17, 15) is 4.79 Å². The van der Waals surface area contributed by atoms with Crippen LogP contribution in [0.1, 0.15) is 36.2 Å². The van der Waals surface area contributed by atoms with Crippen molar-refractivity contribution in [3.8, 4) is 0 Å². The number of rotatable bonds is 6. The van der Waals surface area contributed by atoms with E-state index < -0.39 is 0 Å².